The second-order valence-electron chi connectivity index (χ2n) is 7.00. The van der Waals surface area contributed by atoms with Crippen LogP contribution < -0.4 is 0 Å². The SMILES string of the molecule is CC(CC(=O)N1CCC2(CC1)CC2C(=O)O)c1cccc(F)c1. The minimum atomic E-state index is -0.704. The van der Waals surface area contributed by atoms with Crippen LogP contribution >= 0.6 is 0 Å². The van der Waals surface area contributed by atoms with Crippen LogP contribution in [0.5, 0.6) is 0 Å². The van der Waals surface area contributed by atoms with E-state index in [1.54, 1.807) is 6.07 Å². The zero-order valence-corrected chi connectivity index (χ0v) is 13.3. The van der Waals surface area contributed by atoms with E-state index in [-0.39, 0.29) is 29.0 Å². The number of aliphatic carboxylic acids is 1. The van der Waals surface area contributed by atoms with Gasteiger partial charge in [-0.2, -0.15) is 0 Å². The Morgan fingerprint density at radius 3 is 2.65 bits per heavy atom. The van der Waals surface area contributed by atoms with Crippen molar-refractivity contribution >= 4 is 11.9 Å². The van der Waals surface area contributed by atoms with Gasteiger partial charge in [-0.3, -0.25) is 9.59 Å². The molecule has 1 spiro atoms. The van der Waals surface area contributed by atoms with Gasteiger partial charge >= 0.3 is 5.97 Å². The third kappa shape index (κ3) is 3.23. The number of carbonyl (C=O) groups excluding carboxylic acids is 1. The predicted octanol–water partition coefficient (Wildman–Crippen LogP) is 3.03. The lowest BCUT2D eigenvalue weighted by Crippen LogP contribution is -2.40. The van der Waals surface area contributed by atoms with Gasteiger partial charge in [0.05, 0.1) is 5.92 Å². The van der Waals surface area contributed by atoms with Gasteiger partial charge in [-0.05, 0) is 48.3 Å². The van der Waals surface area contributed by atoms with Gasteiger partial charge in [-0.15, -0.1) is 0 Å². The molecule has 1 saturated heterocycles. The summed E-state index contributed by atoms with van der Waals surface area (Å²) in [4.78, 5) is 25.3. The molecule has 1 aromatic carbocycles. The first-order valence-corrected chi connectivity index (χ1v) is 8.17. The summed E-state index contributed by atoms with van der Waals surface area (Å²) in [6.45, 7) is 3.20. The average Bonchev–Trinajstić information content (AvgIpc) is 3.22. The van der Waals surface area contributed by atoms with E-state index in [0.717, 1.165) is 24.8 Å². The quantitative estimate of drug-likeness (QED) is 0.928. The van der Waals surface area contributed by atoms with Gasteiger partial charge in [0.2, 0.25) is 5.91 Å². The Bertz CT molecular complexity index is 622. The summed E-state index contributed by atoms with van der Waals surface area (Å²) >= 11 is 0. The number of hydrogen-bond acceptors (Lipinski definition) is 2. The number of rotatable bonds is 4. The zero-order chi connectivity index (χ0) is 16.6. The molecular formula is C18H22FNO3. The number of amides is 1. The topological polar surface area (TPSA) is 57.6 Å². The van der Waals surface area contributed by atoms with Crippen LogP contribution in [0.25, 0.3) is 0 Å². The maximum Gasteiger partial charge on any atom is 0.307 e. The number of halogens is 1. The molecule has 1 saturated carbocycles. The highest BCUT2D eigenvalue weighted by molar-refractivity contribution is 5.78. The van der Waals surface area contributed by atoms with Crippen molar-refractivity contribution in [3.63, 3.8) is 0 Å². The van der Waals surface area contributed by atoms with Crippen LogP contribution in [0.1, 0.15) is 44.1 Å². The predicted molar refractivity (Wildman–Crippen MR) is 83.4 cm³/mol. The molecule has 1 aromatic rings. The number of carbonyl (C=O) groups is 2. The van der Waals surface area contributed by atoms with Crippen molar-refractivity contribution < 1.29 is 19.1 Å². The molecule has 2 fully saturated rings. The van der Waals surface area contributed by atoms with Crippen molar-refractivity contribution in [1.82, 2.24) is 4.90 Å². The molecule has 1 aliphatic carbocycles. The summed E-state index contributed by atoms with van der Waals surface area (Å²) in [5.41, 5.74) is 0.775. The second-order valence-corrected chi connectivity index (χ2v) is 7.00. The first kappa shape index (κ1) is 16.0. The number of nitrogens with zero attached hydrogens (tertiary/aromatic N) is 1. The Labute approximate surface area is 135 Å². The van der Waals surface area contributed by atoms with Crippen LogP contribution in [0.2, 0.25) is 0 Å². The highest BCUT2D eigenvalue weighted by Crippen LogP contribution is 2.59. The van der Waals surface area contributed by atoms with Gasteiger partial charge < -0.3 is 10.0 Å². The van der Waals surface area contributed by atoms with Crippen molar-refractivity contribution in [3.8, 4) is 0 Å². The third-order valence-corrected chi connectivity index (χ3v) is 5.50. The van der Waals surface area contributed by atoms with E-state index in [1.807, 2.05) is 17.9 Å². The Hall–Kier alpha value is -1.91. The zero-order valence-electron chi connectivity index (χ0n) is 13.3. The van der Waals surface area contributed by atoms with Crippen molar-refractivity contribution in [2.24, 2.45) is 11.3 Å². The molecule has 4 nitrogen and oxygen atoms in total. The Morgan fingerprint density at radius 1 is 1.39 bits per heavy atom. The lowest BCUT2D eigenvalue weighted by molar-refractivity contribution is -0.139. The molecule has 124 valence electrons. The van der Waals surface area contributed by atoms with E-state index >= 15 is 0 Å². The van der Waals surface area contributed by atoms with E-state index in [0.29, 0.717) is 19.5 Å². The molecule has 2 aliphatic rings. The van der Waals surface area contributed by atoms with Crippen LogP contribution in [0.3, 0.4) is 0 Å². The molecule has 1 N–H and O–H groups in total. The van der Waals surface area contributed by atoms with Crippen LogP contribution in [0.15, 0.2) is 24.3 Å². The van der Waals surface area contributed by atoms with E-state index in [4.69, 9.17) is 5.11 Å². The standard InChI is InChI=1S/C18H22FNO3/c1-12(13-3-2-4-14(19)10-13)9-16(21)20-7-5-18(6-8-20)11-15(18)17(22)23/h2-4,10,12,15H,5-9,11H2,1H3,(H,22,23). The summed E-state index contributed by atoms with van der Waals surface area (Å²) in [6.07, 6.45) is 2.68. The summed E-state index contributed by atoms with van der Waals surface area (Å²) in [5, 5.41) is 9.10. The number of piperidine rings is 1. The van der Waals surface area contributed by atoms with Gasteiger partial charge in [0.1, 0.15) is 5.82 Å². The van der Waals surface area contributed by atoms with Gasteiger partial charge in [-0.25, -0.2) is 4.39 Å². The number of carboxylic acid groups (broad SMARTS) is 1. The van der Waals surface area contributed by atoms with Gasteiger partial charge in [0.25, 0.3) is 0 Å². The van der Waals surface area contributed by atoms with E-state index < -0.39 is 5.97 Å². The number of likely N-dealkylation sites (tertiary alicyclic amines) is 1. The molecule has 1 heterocycles. The van der Waals surface area contributed by atoms with Crippen molar-refractivity contribution in [3.05, 3.63) is 35.6 Å². The monoisotopic (exact) mass is 319 g/mol. The van der Waals surface area contributed by atoms with Gasteiger partial charge in [-0.1, -0.05) is 19.1 Å². The number of hydrogen-bond donors (Lipinski definition) is 1. The lowest BCUT2D eigenvalue weighted by atomic mass is 9.90. The summed E-state index contributed by atoms with van der Waals surface area (Å²) in [5.74, 6) is -1.16. The first-order valence-electron chi connectivity index (χ1n) is 8.17. The number of carboxylic acids is 1. The van der Waals surface area contributed by atoms with Crippen LogP contribution in [-0.2, 0) is 9.59 Å². The normalized spacial score (nSPS) is 23.6. The van der Waals surface area contributed by atoms with E-state index in [9.17, 15) is 14.0 Å². The maximum atomic E-state index is 13.3. The van der Waals surface area contributed by atoms with Gasteiger partial charge in [0, 0.05) is 19.5 Å². The molecule has 23 heavy (non-hydrogen) atoms. The molecule has 3 rings (SSSR count). The third-order valence-electron chi connectivity index (χ3n) is 5.50. The number of benzene rings is 1. The van der Waals surface area contributed by atoms with Gasteiger partial charge in [0.15, 0.2) is 0 Å². The largest absolute Gasteiger partial charge is 0.481 e. The highest BCUT2D eigenvalue weighted by Gasteiger charge is 2.59. The molecule has 1 aliphatic heterocycles. The van der Waals surface area contributed by atoms with E-state index in [2.05, 4.69) is 0 Å². The Morgan fingerprint density at radius 2 is 2.09 bits per heavy atom. The highest BCUT2D eigenvalue weighted by atomic mass is 19.1. The summed E-state index contributed by atoms with van der Waals surface area (Å²) < 4.78 is 13.3. The van der Waals surface area contributed by atoms with Crippen LogP contribution in [-0.4, -0.2) is 35.0 Å². The second kappa shape index (κ2) is 5.95. The molecule has 1 amide bonds. The van der Waals surface area contributed by atoms with E-state index in [1.165, 1.54) is 12.1 Å². The molecular weight excluding hydrogens is 297 g/mol. The van der Waals surface area contributed by atoms with Crippen LogP contribution in [0, 0.1) is 17.2 Å². The molecule has 0 aromatic heterocycles. The van der Waals surface area contributed by atoms with Crippen molar-refractivity contribution in [2.45, 2.75) is 38.5 Å². The lowest BCUT2D eigenvalue weighted by Gasteiger charge is -2.33. The van der Waals surface area contributed by atoms with Crippen molar-refractivity contribution in [1.29, 1.82) is 0 Å². The molecule has 0 radical (unpaired) electrons. The molecule has 5 heteroatoms. The minimum Gasteiger partial charge on any atom is -0.481 e. The smallest absolute Gasteiger partial charge is 0.307 e. The minimum absolute atomic E-state index is 0.0261. The first-order chi connectivity index (χ1) is 10.9. The Balaban J connectivity index is 1.53. The maximum absolute atomic E-state index is 13.3. The van der Waals surface area contributed by atoms with Crippen LogP contribution in [0.4, 0.5) is 4.39 Å². The molecule has 0 bridgehead atoms. The summed E-state index contributed by atoms with van der Waals surface area (Å²) in [7, 11) is 0. The fourth-order valence-electron chi connectivity index (χ4n) is 3.77. The summed E-state index contributed by atoms with van der Waals surface area (Å²) in [6, 6.07) is 6.38. The molecule has 2 unspecified atom stereocenters. The molecule has 2 atom stereocenters. The van der Waals surface area contributed by atoms with Crippen molar-refractivity contribution in [2.75, 3.05) is 13.1 Å². The fraction of sp³-hybridized carbons (Fsp3) is 0.556. The Kier molecular flexibility index (Phi) is 4.13. The fourth-order valence-corrected chi connectivity index (χ4v) is 3.77. The average molecular weight is 319 g/mol.